The maximum atomic E-state index is 9.94. The Hall–Kier alpha value is -0.460. The van der Waals surface area contributed by atoms with Gasteiger partial charge in [-0.3, -0.25) is 0 Å². The molecule has 24 heavy (non-hydrogen) atoms. The van der Waals surface area contributed by atoms with Crippen molar-refractivity contribution in [2.75, 3.05) is 19.8 Å². The predicted octanol–water partition coefficient (Wildman–Crippen LogP) is 2.57. The fraction of sp³-hybridized carbons (Fsp3) is 0.895. The molecule has 0 aliphatic carbocycles. The van der Waals surface area contributed by atoms with Crippen LogP contribution in [0.2, 0.25) is 0 Å². The average Bonchev–Trinajstić information content (AvgIpc) is 2.59. The van der Waals surface area contributed by atoms with Gasteiger partial charge in [0.15, 0.2) is 0 Å². The number of allylic oxidation sites excluding steroid dienone is 2. The summed E-state index contributed by atoms with van der Waals surface area (Å²) in [5, 5.41) is 28.8. The van der Waals surface area contributed by atoms with E-state index in [0.29, 0.717) is 6.61 Å². The Morgan fingerprint density at radius 3 is 2.33 bits per heavy atom. The molecule has 0 bridgehead atoms. The van der Waals surface area contributed by atoms with Crippen molar-refractivity contribution in [3.05, 3.63) is 12.2 Å². The Morgan fingerprint density at radius 1 is 1.00 bits per heavy atom. The highest BCUT2D eigenvalue weighted by atomic mass is 16.6. The van der Waals surface area contributed by atoms with Crippen molar-refractivity contribution < 1.29 is 24.8 Å². The molecule has 3 N–H and O–H groups in total. The molecular formula is C19H36O5. The smallest absolute Gasteiger partial charge is 0.114 e. The van der Waals surface area contributed by atoms with E-state index < -0.39 is 24.4 Å². The van der Waals surface area contributed by atoms with Crippen LogP contribution >= 0.6 is 0 Å². The highest BCUT2D eigenvalue weighted by molar-refractivity contribution is 4.87. The van der Waals surface area contributed by atoms with Crippen LogP contribution in [0.25, 0.3) is 0 Å². The monoisotopic (exact) mass is 344 g/mol. The minimum absolute atomic E-state index is 0.0372. The summed E-state index contributed by atoms with van der Waals surface area (Å²) in [4.78, 5) is 0. The first-order chi connectivity index (χ1) is 11.7. The van der Waals surface area contributed by atoms with E-state index in [1.807, 2.05) is 0 Å². The van der Waals surface area contributed by atoms with Crippen molar-refractivity contribution in [1.29, 1.82) is 0 Å². The van der Waals surface area contributed by atoms with E-state index in [4.69, 9.17) is 9.47 Å². The van der Waals surface area contributed by atoms with Crippen molar-refractivity contribution in [3.63, 3.8) is 0 Å². The van der Waals surface area contributed by atoms with E-state index >= 15 is 0 Å². The first-order valence-corrected chi connectivity index (χ1v) is 9.55. The van der Waals surface area contributed by atoms with E-state index in [1.165, 1.54) is 38.5 Å². The lowest BCUT2D eigenvalue weighted by atomic mass is 10.0. The van der Waals surface area contributed by atoms with Crippen molar-refractivity contribution in [1.82, 2.24) is 0 Å². The zero-order valence-corrected chi connectivity index (χ0v) is 15.1. The summed E-state index contributed by atoms with van der Waals surface area (Å²) in [6.07, 6.45) is 12.1. The lowest BCUT2D eigenvalue weighted by Gasteiger charge is -2.37. The summed E-state index contributed by atoms with van der Waals surface area (Å²) in [6, 6.07) is 0. The Morgan fingerprint density at radius 2 is 1.67 bits per heavy atom. The molecular weight excluding hydrogens is 308 g/mol. The van der Waals surface area contributed by atoms with Gasteiger partial charge in [0.1, 0.15) is 24.4 Å². The molecule has 0 aromatic heterocycles. The summed E-state index contributed by atoms with van der Waals surface area (Å²) >= 11 is 0. The molecule has 0 radical (unpaired) electrons. The molecule has 5 heteroatoms. The summed E-state index contributed by atoms with van der Waals surface area (Å²) in [5.41, 5.74) is 0. The van der Waals surface area contributed by atoms with Crippen LogP contribution in [0.3, 0.4) is 0 Å². The molecule has 0 spiro atoms. The van der Waals surface area contributed by atoms with Gasteiger partial charge in [0, 0.05) is 6.61 Å². The Labute approximate surface area is 146 Å². The number of aliphatic hydroxyl groups is 3. The maximum absolute atomic E-state index is 9.94. The van der Waals surface area contributed by atoms with Gasteiger partial charge in [-0.2, -0.15) is 0 Å². The van der Waals surface area contributed by atoms with Gasteiger partial charge < -0.3 is 24.8 Å². The van der Waals surface area contributed by atoms with Gasteiger partial charge in [-0.25, -0.2) is 0 Å². The number of unbranched alkanes of at least 4 members (excludes halogenated alkanes) is 7. The molecule has 1 aliphatic heterocycles. The Kier molecular flexibility index (Phi) is 12.4. The molecule has 4 atom stereocenters. The number of rotatable bonds is 13. The number of aliphatic hydroxyl groups excluding tert-OH is 3. The molecule has 0 saturated carbocycles. The molecule has 1 fully saturated rings. The van der Waals surface area contributed by atoms with Crippen molar-refractivity contribution in [2.24, 2.45) is 0 Å². The third-order valence-electron chi connectivity index (χ3n) is 4.47. The first-order valence-electron chi connectivity index (χ1n) is 9.55. The molecule has 142 valence electrons. The number of hydrogen-bond donors (Lipinski definition) is 3. The lowest BCUT2D eigenvalue weighted by Crippen LogP contribution is -2.55. The van der Waals surface area contributed by atoms with Crippen LogP contribution in [0.15, 0.2) is 12.2 Å². The second-order valence-corrected chi connectivity index (χ2v) is 6.62. The quantitative estimate of drug-likeness (QED) is 0.353. The van der Waals surface area contributed by atoms with Gasteiger partial charge in [0.25, 0.3) is 0 Å². The fourth-order valence-corrected chi connectivity index (χ4v) is 2.90. The minimum Gasteiger partial charge on any atom is -0.394 e. The van der Waals surface area contributed by atoms with E-state index in [2.05, 4.69) is 19.1 Å². The van der Waals surface area contributed by atoms with Crippen molar-refractivity contribution in [2.45, 2.75) is 89.1 Å². The minimum atomic E-state index is -0.997. The molecule has 1 saturated heterocycles. The van der Waals surface area contributed by atoms with Gasteiger partial charge in [-0.05, 0) is 32.1 Å². The van der Waals surface area contributed by atoms with Crippen molar-refractivity contribution in [3.8, 4) is 0 Å². The van der Waals surface area contributed by atoms with Crippen LogP contribution in [0.4, 0.5) is 0 Å². The van der Waals surface area contributed by atoms with Crippen LogP contribution in [-0.4, -0.2) is 59.6 Å². The molecule has 5 nitrogen and oxygen atoms in total. The fourth-order valence-electron chi connectivity index (χ4n) is 2.90. The van der Waals surface area contributed by atoms with Gasteiger partial charge in [0.05, 0.1) is 13.2 Å². The molecule has 0 amide bonds. The predicted molar refractivity (Wildman–Crippen MR) is 94.9 cm³/mol. The Bertz CT molecular complexity index is 319. The summed E-state index contributed by atoms with van der Waals surface area (Å²) in [5.74, 6) is 0. The van der Waals surface area contributed by atoms with Crippen LogP contribution in [0.1, 0.15) is 64.7 Å². The van der Waals surface area contributed by atoms with E-state index in [0.717, 1.165) is 19.3 Å². The summed E-state index contributed by atoms with van der Waals surface area (Å²) in [6.45, 7) is 2.56. The van der Waals surface area contributed by atoms with Gasteiger partial charge in [0.2, 0.25) is 0 Å². The van der Waals surface area contributed by atoms with Crippen LogP contribution < -0.4 is 0 Å². The molecule has 0 aromatic carbocycles. The molecule has 0 unspecified atom stereocenters. The van der Waals surface area contributed by atoms with Gasteiger partial charge in [-0.1, -0.05) is 44.8 Å². The molecule has 1 heterocycles. The SMILES string of the molecule is CCCCCCC/C=C/CCCCO[C@@H]1[C@@H](O)[C@H](O)CO[C@H]1CO. The van der Waals surface area contributed by atoms with Gasteiger partial charge in [-0.15, -0.1) is 0 Å². The number of ether oxygens (including phenoxy) is 2. The molecule has 1 rings (SSSR count). The van der Waals surface area contributed by atoms with Crippen LogP contribution in [0, 0.1) is 0 Å². The second kappa shape index (κ2) is 13.8. The third kappa shape index (κ3) is 8.58. The summed E-state index contributed by atoms with van der Waals surface area (Å²) in [7, 11) is 0. The standard InChI is InChI=1S/C19H36O5/c1-2-3-4-5-6-7-8-9-10-11-12-13-23-19-17(14-20)24-15-16(21)18(19)22/h8-9,16-22H,2-7,10-15H2,1H3/b9-8+/t16-,17+,18+,19+/m1/s1. The van der Waals surface area contributed by atoms with E-state index in [9.17, 15) is 15.3 Å². The maximum Gasteiger partial charge on any atom is 0.114 e. The average molecular weight is 344 g/mol. The second-order valence-electron chi connectivity index (χ2n) is 6.62. The zero-order chi connectivity index (χ0) is 17.6. The number of hydrogen-bond acceptors (Lipinski definition) is 5. The van der Waals surface area contributed by atoms with E-state index in [-0.39, 0.29) is 13.2 Å². The molecule has 1 aliphatic rings. The molecule has 0 aromatic rings. The van der Waals surface area contributed by atoms with Crippen molar-refractivity contribution >= 4 is 0 Å². The topological polar surface area (TPSA) is 79.2 Å². The zero-order valence-electron chi connectivity index (χ0n) is 15.1. The van der Waals surface area contributed by atoms with E-state index in [1.54, 1.807) is 0 Å². The first kappa shape index (κ1) is 21.6. The van der Waals surface area contributed by atoms with Crippen LogP contribution in [0.5, 0.6) is 0 Å². The van der Waals surface area contributed by atoms with Crippen LogP contribution in [-0.2, 0) is 9.47 Å². The Balaban J connectivity index is 2.02. The largest absolute Gasteiger partial charge is 0.394 e. The highest BCUT2D eigenvalue weighted by Crippen LogP contribution is 2.19. The normalized spacial score (nSPS) is 27.8. The van der Waals surface area contributed by atoms with Gasteiger partial charge >= 0.3 is 0 Å². The third-order valence-corrected chi connectivity index (χ3v) is 4.47. The highest BCUT2D eigenvalue weighted by Gasteiger charge is 2.39. The lowest BCUT2D eigenvalue weighted by molar-refractivity contribution is -0.211. The summed E-state index contributed by atoms with van der Waals surface area (Å²) < 4.78 is 10.9.